The van der Waals surface area contributed by atoms with Crippen LogP contribution in [0.2, 0.25) is 5.65 Å². The van der Waals surface area contributed by atoms with Gasteiger partial charge in [0.1, 0.15) is 0 Å². The van der Waals surface area contributed by atoms with Gasteiger partial charge in [-0.2, -0.15) is 0 Å². The Morgan fingerprint density at radius 1 is 1.20 bits per heavy atom. The number of rotatable bonds is 4. The molecule has 0 radical (unpaired) electrons. The fraction of sp³-hybridized carbons (Fsp3) is 0. The summed E-state index contributed by atoms with van der Waals surface area (Å²) in [6.45, 7) is 0. The molecule has 0 unspecified atom stereocenters. The van der Waals surface area contributed by atoms with Gasteiger partial charge >= 0.3 is 23.3 Å². The number of nitrogen functional groups attached to an aromatic ring is 2. The van der Waals surface area contributed by atoms with Crippen LogP contribution in [0.1, 0.15) is 0 Å². The van der Waals surface area contributed by atoms with Gasteiger partial charge in [-0.15, -0.1) is 0 Å². The third-order valence-corrected chi connectivity index (χ3v) is 1.34. The van der Waals surface area contributed by atoms with Gasteiger partial charge in [-0.1, -0.05) is 0 Å². The molecule has 0 aliphatic carbocycles. The second kappa shape index (κ2) is 3.21. The maximum absolute atomic E-state index is 11.6. The van der Waals surface area contributed by atoms with Gasteiger partial charge in [-0.05, 0) is 9.85 Å². The SMILES string of the molecule is [2H]N([2H])c1c([N+](=O)[O-])nc([N+](=O)[O-])c(N([2H])[2H])[n+]1[O-]. The molecule has 0 amide bonds. The number of anilines is 2. The molecule has 0 bridgehead atoms. The van der Waals surface area contributed by atoms with Crippen LogP contribution in [0.15, 0.2) is 0 Å². The Morgan fingerprint density at radius 3 is 1.87 bits per heavy atom. The van der Waals surface area contributed by atoms with E-state index >= 15 is 0 Å². The zero-order chi connectivity index (χ0) is 14.9. The maximum Gasteiger partial charge on any atom is 0.441 e. The number of hydrogen-bond donors (Lipinski definition) is 2. The van der Waals surface area contributed by atoms with E-state index < -0.39 is 49.3 Å². The summed E-state index contributed by atoms with van der Waals surface area (Å²) in [6.07, 6.45) is 0. The van der Waals surface area contributed by atoms with E-state index in [1.54, 1.807) is 0 Å². The van der Waals surface area contributed by atoms with E-state index in [1.165, 1.54) is 0 Å². The van der Waals surface area contributed by atoms with Gasteiger partial charge in [0.25, 0.3) is 5.65 Å². The molecule has 0 atom stereocenters. The topological polar surface area (TPSA) is 178 Å². The van der Waals surface area contributed by atoms with E-state index in [1.807, 2.05) is 0 Å². The summed E-state index contributed by atoms with van der Waals surface area (Å²) in [5, 5.41) is 32.8. The average Bonchev–Trinajstić information content (AvgIpc) is 2.25. The minimum absolute atomic E-state index is 0.491. The first-order valence-electron chi connectivity index (χ1n) is 4.99. The Bertz CT molecular complexity index is 507. The van der Waals surface area contributed by atoms with Crippen molar-refractivity contribution in [3.8, 4) is 0 Å². The highest BCUT2D eigenvalue weighted by Crippen LogP contribution is 2.22. The molecule has 0 fully saturated rings. The van der Waals surface area contributed by atoms with E-state index in [2.05, 4.69) is 4.98 Å². The Labute approximate surface area is 86.7 Å². The lowest BCUT2D eigenvalue weighted by atomic mass is 10.5. The van der Waals surface area contributed by atoms with Gasteiger partial charge in [0.05, 0.1) is 0 Å². The summed E-state index contributed by atoms with van der Waals surface area (Å²) < 4.78 is 26.7. The van der Waals surface area contributed by atoms with Gasteiger partial charge in [0.2, 0.25) is 0 Å². The molecule has 0 aliphatic heterocycles. The molecule has 15 heavy (non-hydrogen) atoms. The van der Waals surface area contributed by atoms with E-state index in [0.29, 0.717) is 0 Å². The summed E-state index contributed by atoms with van der Waals surface area (Å²) >= 11 is 0. The molecule has 1 heterocycles. The summed E-state index contributed by atoms with van der Waals surface area (Å²) in [7, 11) is 0. The minimum Gasteiger partial charge on any atom is -0.739 e. The lowest BCUT2D eigenvalue weighted by Gasteiger charge is -2.08. The lowest BCUT2D eigenvalue weighted by Crippen LogP contribution is -2.36. The Morgan fingerprint density at radius 2 is 1.60 bits per heavy atom. The van der Waals surface area contributed by atoms with Crippen LogP contribution < -0.4 is 16.2 Å². The van der Waals surface area contributed by atoms with Crippen molar-refractivity contribution in [1.82, 2.24) is 4.98 Å². The van der Waals surface area contributed by atoms with Crippen molar-refractivity contribution in [3.05, 3.63) is 25.4 Å². The molecule has 1 aromatic heterocycles. The van der Waals surface area contributed by atoms with Crippen LogP contribution in [0, 0.1) is 25.4 Å². The third-order valence-electron chi connectivity index (χ3n) is 1.34. The van der Waals surface area contributed by atoms with Crippen LogP contribution in [0.5, 0.6) is 0 Å². The molecule has 1 aromatic rings. The second-order valence-corrected chi connectivity index (χ2v) is 2.21. The van der Waals surface area contributed by atoms with Crippen molar-refractivity contribution in [1.29, 1.82) is 0 Å². The van der Waals surface area contributed by atoms with E-state index in [0.717, 1.165) is 0 Å². The largest absolute Gasteiger partial charge is 0.739 e. The fourth-order valence-electron chi connectivity index (χ4n) is 0.727. The highest BCUT2D eigenvalue weighted by molar-refractivity contribution is 5.52. The van der Waals surface area contributed by atoms with Crippen LogP contribution >= 0.6 is 0 Å². The zero-order valence-corrected chi connectivity index (χ0v) is 6.72. The van der Waals surface area contributed by atoms with Gasteiger partial charge in [-0.3, -0.25) is 0 Å². The normalized spacial score (nSPS) is 13.1. The highest BCUT2D eigenvalue weighted by atomic mass is 16.6. The summed E-state index contributed by atoms with van der Waals surface area (Å²) in [5.74, 6) is -5.38. The molecule has 4 N–H and O–H groups in total. The van der Waals surface area contributed by atoms with Crippen molar-refractivity contribution < 1.29 is 20.2 Å². The Hall–Kier alpha value is -2.72. The molecular formula is C4H4N6O5. The molecule has 11 nitrogen and oxygen atoms in total. The maximum atomic E-state index is 11.6. The standard InChI is InChI=1S/C4H4N6O5/c5-1-3(9(12)13)7-4(10(14)15)2(6)8(1)11/h5-6H2/i/hD4. The molecule has 80 valence electrons. The molecule has 1 rings (SSSR count). The van der Waals surface area contributed by atoms with Gasteiger partial charge in [0.15, 0.2) is 0 Å². The minimum atomic E-state index is -1.41. The van der Waals surface area contributed by atoms with Gasteiger partial charge < -0.3 is 36.9 Å². The van der Waals surface area contributed by atoms with Gasteiger partial charge in [-0.25, -0.2) is 4.73 Å². The third kappa shape index (κ3) is 1.52. The zero-order valence-electron chi connectivity index (χ0n) is 10.7. The van der Waals surface area contributed by atoms with Crippen molar-refractivity contribution in [2.75, 3.05) is 11.4 Å². The average molecular weight is 220 g/mol. The number of aromatic nitrogens is 2. The van der Waals surface area contributed by atoms with Gasteiger partial charge in [0, 0.05) is 4.98 Å². The predicted octanol–water partition coefficient (Wildman–Crippen LogP) is -1.30. The van der Waals surface area contributed by atoms with E-state index in [9.17, 15) is 25.4 Å². The summed E-state index contributed by atoms with van der Waals surface area (Å²) in [5.41, 5.74) is -0.982. The Balaban J connectivity index is 3.80. The van der Waals surface area contributed by atoms with Crippen LogP contribution in [-0.2, 0) is 0 Å². The van der Waals surface area contributed by atoms with Crippen LogP contribution in [-0.4, -0.2) is 14.8 Å². The second-order valence-electron chi connectivity index (χ2n) is 2.21. The monoisotopic (exact) mass is 220 g/mol. The van der Waals surface area contributed by atoms with Crippen molar-refractivity contribution >= 4 is 23.3 Å². The molecule has 0 aromatic carbocycles. The van der Waals surface area contributed by atoms with Crippen LogP contribution in [0.25, 0.3) is 0 Å². The molecule has 0 aliphatic rings. The number of hydrogen-bond acceptors (Lipinski definition) is 8. The van der Waals surface area contributed by atoms with Crippen molar-refractivity contribution in [2.45, 2.75) is 0 Å². The summed E-state index contributed by atoms with van der Waals surface area (Å²) in [6, 6.07) is 0. The highest BCUT2D eigenvalue weighted by Gasteiger charge is 2.30. The quantitative estimate of drug-likeness (QED) is 0.271. The van der Waals surface area contributed by atoms with Crippen LogP contribution in [0.3, 0.4) is 0 Å². The first-order chi connectivity index (χ1) is 8.68. The molecule has 0 saturated heterocycles. The lowest BCUT2D eigenvalue weighted by molar-refractivity contribution is -0.584. The van der Waals surface area contributed by atoms with Crippen molar-refractivity contribution in [2.24, 2.45) is 0 Å². The number of nitrogens with two attached hydrogens (primary N) is 2. The molecule has 11 heteroatoms. The molecule has 0 saturated carbocycles. The first kappa shape index (κ1) is 5.90. The molecular weight excluding hydrogens is 212 g/mol. The first-order valence-corrected chi connectivity index (χ1v) is 3.20. The smallest absolute Gasteiger partial charge is 0.441 e. The summed E-state index contributed by atoms with van der Waals surface area (Å²) in [4.78, 5) is 21.5. The van der Waals surface area contributed by atoms with E-state index in [-0.39, 0.29) is 0 Å². The predicted molar refractivity (Wildman–Crippen MR) is 45.3 cm³/mol. The fourth-order valence-corrected chi connectivity index (χ4v) is 0.727. The van der Waals surface area contributed by atoms with E-state index in [4.69, 9.17) is 5.65 Å². The van der Waals surface area contributed by atoms with Crippen LogP contribution in [0.4, 0.5) is 23.3 Å². The number of nitro groups is 2. The molecule has 0 spiro atoms. The Kier molecular flexibility index (Phi) is 1.26. The van der Waals surface area contributed by atoms with Crippen molar-refractivity contribution in [3.63, 3.8) is 0 Å². The number of nitrogens with zero attached hydrogens (tertiary/aromatic N) is 4.